The van der Waals surface area contributed by atoms with Gasteiger partial charge in [0.05, 0.1) is 12.0 Å². The van der Waals surface area contributed by atoms with Crippen LogP contribution in [0, 0.1) is 5.82 Å². The minimum atomic E-state index is -1.02. The number of phenolic OH excluding ortho intramolecular Hbond substituents is 1. The molecule has 1 aromatic rings. The van der Waals surface area contributed by atoms with E-state index in [1.54, 1.807) is 0 Å². The number of benzene rings is 1. The van der Waals surface area contributed by atoms with E-state index in [9.17, 15) is 14.0 Å². The summed E-state index contributed by atoms with van der Waals surface area (Å²) in [5.41, 5.74) is -0.218. The van der Waals surface area contributed by atoms with Gasteiger partial charge in [-0.1, -0.05) is 13.3 Å². The van der Waals surface area contributed by atoms with E-state index in [-0.39, 0.29) is 17.7 Å². The zero-order valence-electron chi connectivity index (χ0n) is 10.5. The monoisotopic (exact) mass is 269 g/mol. The second-order valence-electron chi connectivity index (χ2n) is 4.22. The zero-order valence-corrected chi connectivity index (χ0v) is 10.5. The van der Waals surface area contributed by atoms with E-state index < -0.39 is 23.7 Å². The topological polar surface area (TPSA) is 86.6 Å². The Morgan fingerprint density at radius 2 is 2.11 bits per heavy atom. The molecule has 0 aliphatic heterocycles. The second kappa shape index (κ2) is 6.72. The molecule has 1 unspecified atom stereocenters. The number of carbonyl (C=O) groups is 2. The molecule has 1 aromatic carbocycles. The molecule has 0 radical (unpaired) electrons. The lowest BCUT2D eigenvalue weighted by molar-refractivity contribution is -0.137. The number of nitrogens with one attached hydrogen (secondary N) is 1. The number of carbonyl (C=O) groups excluding carboxylic acids is 1. The number of amides is 1. The van der Waals surface area contributed by atoms with E-state index in [1.807, 2.05) is 6.92 Å². The molecular formula is C13H16FNO4. The average molecular weight is 269 g/mol. The fourth-order valence-corrected chi connectivity index (χ4v) is 1.74. The van der Waals surface area contributed by atoms with Gasteiger partial charge in [-0.25, -0.2) is 4.39 Å². The fourth-order valence-electron chi connectivity index (χ4n) is 1.74. The van der Waals surface area contributed by atoms with Gasteiger partial charge in [0.25, 0.3) is 5.91 Å². The lowest BCUT2D eigenvalue weighted by atomic mass is 10.1. The van der Waals surface area contributed by atoms with Crippen LogP contribution in [0.3, 0.4) is 0 Å². The van der Waals surface area contributed by atoms with Crippen LogP contribution in [0.2, 0.25) is 0 Å². The largest absolute Gasteiger partial charge is 0.508 e. The third-order valence-electron chi connectivity index (χ3n) is 2.59. The van der Waals surface area contributed by atoms with Gasteiger partial charge in [-0.15, -0.1) is 0 Å². The Morgan fingerprint density at radius 3 is 2.63 bits per heavy atom. The van der Waals surface area contributed by atoms with Crippen molar-refractivity contribution in [2.45, 2.75) is 32.2 Å². The summed E-state index contributed by atoms with van der Waals surface area (Å²) >= 11 is 0. The highest BCUT2D eigenvalue weighted by atomic mass is 19.1. The van der Waals surface area contributed by atoms with Crippen molar-refractivity contribution in [3.8, 4) is 5.75 Å². The maximum absolute atomic E-state index is 13.5. The summed E-state index contributed by atoms with van der Waals surface area (Å²) in [4.78, 5) is 22.5. The number of rotatable bonds is 6. The molecule has 0 aliphatic carbocycles. The minimum Gasteiger partial charge on any atom is -0.508 e. The van der Waals surface area contributed by atoms with Crippen molar-refractivity contribution in [3.63, 3.8) is 0 Å². The van der Waals surface area contributed by atoms with Gasteiger partial charge < -0.3 is 15.5 Å². The number of carboxylic acid groups (broad SMARTS) is 1. The summed E-state index contributed by atoms with van der Waals surface area (Å²) in [6, 6.07) is 2.65. The molecular weight excluding hydrogens is 253 g/mol. The fraction of sp³-hybridized carbons (Fsp3) is 0.385. The summed E-state index contributed by atoms with van der Waals surface area (Å²) in [6.07, 6.45) is 0.993. The first kappa shape index (κ1) is 14.9. The lowest BCUT2D eigenvalue weighted by Crippen LogP contribution is -2.36. The van der Waals surface area contributed by atoms with Crippen LogP contribution in [0.5, 0.6) is 5.75 Å². The quantitative estimate of drug-likeness (QED) is 0.736. The van der Waals surface area contributed by atoms with Gasteiger partial charge in [0.15, 0.2) is 0 Å². The van der Waals surface area contributed by atoms with Crippen molar-refractivity contribution >= 4 is 11.9 Å². The minimum absolute atomic E-state index is 0.209. The smallest absolute Gasteiger partial charge is 0.305 e. The Labute approximate surface area is 110 Å². The van der Waals surface area contributed by atoms with Crippen LogP contribution in [0.1, 0.15) is 36.5 Å². The van der Waals surface area contributed by atoms with Crippen molar-refractivity contribution in [1.29, 1.82) is 0 Å². The molecule has 19 heavy (non-hydrogen) atoms. The van der Waals surface area contributed by atoms with Crippen molar-refractivity contribution in [2.24, 2.45) is 0 Å². The molecule has 0 fully saturated rings. The molecule has 0 saturated heterocycles. The normalized spacial score (nSPS) is 11.9. The van der Waals surface area contributed by atoms with E-state index in [2.05, 4.69) is 5.32 Å². The Kier molecular flexibility index (Phi) is 5.29. The Bertz CT molecular complexity index is 476. The van der Waals surface area contributed by atoms with Gasteiger partial charge >= 0.3 is 5.97 Å². The molecule has 0 heterocycles. The molecule has 104 valence electrons. The van der Waals surface area contributed by atoms with Crippen LogP contribution in [0.25, 0.3) is 0 Å². The maximum Gasteiger partial charge on any atom is 0.305 e. The van der Waals surface area contributed by atoms with Crippen LogP contribution < -0.4 is 5.32 Å². The number of carboxylic acids is 1. The Balaban J connectivity index is 2.78. The van der Waals surface area contributed by atoms with E-state index in [0.717, 1.165) is 12.1 Å². The van der Waals surface area contributed by atoms with E-state index in [0.29, 0.717) is 12.8 Å². The van der Waals surface area contributed by atoms with E-state index >= 15 is 0 Å². The molecule has 0 aromatic heterocycles. The van der Waals surface area contributed by atoms with Gasteiger partial charge in [0, 0.05) is 12.1 Å². The molecule has 0 aliphatic rings. The van der Waals surface area contributed by atoms with Crippen molar-refractivity contribution in [3.05, 3.63) is 29.6 Å². The van der Waals surface area contributed by atoms with Gasteiger partial charge in [-0.3, -0.25) is 9.59 Å². The molecule has 1 atom stereocenters. The summed E-state index contributed by atoms with van der Waals surface area (Å²) in [5.74, 6) is -2.82. The summed E-state index contributed by atoms with van der Waals surface area (Å²) in [6.45, 7) is 1.86. The number of halogens is 1. The average Bonchev–Trinajstić information content (AvgIpc) is 2.27. The third kappa shape index (κ3) is 4.57. The predicted octanol–water partition coefficient (Wildman–Crippen LogP) is 1.90. The maximum atomic E-state index is 13.5. The Morgan fingerprint density at radius 1 is 1.42 bits per heavy atom. The molecule has 3 N–H and O–H groups in total. The first-order chi connectivity index (χ1) is 8.93. The van der Waals surface area contributed by atoms with Crippen LogP contribution in [0.15, 0.2) is 18.2 Å². The molecule has 0 saturated carbocycles. The molecule has 1 rings (SSSR count). The highest BCUT2D eigenvalue weighted by molar-refractivity contribution is 5.95. The number of hydrogen-bond acceptors (Lipinski definition) is 3. The summed E-state index contributed by atoms with van der Waals surface area (Å²) in [5, 5.41) is 20.3. The number of aliphatic carboxylic acids is 1. The second-order valence-corrected chi connectivity index (χ2v) is 4.22. The Hall–Kier alpha value is -2.11. The van der Waals surface area contributed by atoms with Crippen LogP contribution in [0.4, 0.5) is 4.39 Å². The van der Waals surface area contributed by atoms with Crippen molar-refractivity contribution in [1.82, 2.24) is 5.32 Å². The molecule has 5 nitrogen and oxygen atoms in total. The van der Waals surface area contributed by atoms with E-state index in [4.69, 9.17) is 10.2 Å². The van der Waals surface area contributed by atoms with Gasteiger partial charge in [-0.2, -0.15) is 0 Å². The molecule has 0 spiro atoms. The standard InChI is InChI=1S/C13H16FNO4/c1-2-3-8(6-12(17)18)15-13(19)10-5-4-9(16)7-11(10)14/h4-5,7-8,16H,2-3,6H2,1H3,(H,15,19)(H,17,18). The van der Waals surface area contributed by atoms with Gasteiger partial charge in [0.2, 0.25) is 0 Å². The van der Waals surface area contributed by atoms with Crippen LogP contribution in [-0.2, 0) is 4.79 Å². The highest BCUT2D eigenvalue weighted by Crippen LogP contribution is 2.15. The van der Waals surface area contributed by atoms with Gasteiger partial charge in [0.1, 0.15) is 11.6 Å². The first-order valence-electron chi connectivity index (χ1n) is 5.95. The number of aromatic hydroxyl groups is 1. The van der Waals surface area contributed by atoms with E-state index in [1.165, 1.54) is 6.07 Å². The molecule has 6 heteroatoms. The summed E-state index contributed by atoms with van der Waals surface area (Å²) < 4.78 is 13.5. The summed E-state index contributed by atoms with van der Waals surface area (Å²) in [7, 11) is 0. The third-order valence-corrected chi connectivity index (χ3v) is 2.59. The highest BCUT2D eigenvalue weighted by Gasteiger charge is 2.18. The zero-order chi connectivity index (χ0) is 14.4. The predicted molar refractivity (Wildman–Crippen MR) is 66.5 cm³/mol. The molecule has 1 amide bonds. The first-order valence-corrected chi connectivity index (χ1v) is 5.95. The van der Waals surface area contributed by atoms with Gasteiger partial charge in [-0.05, 0) is 18.6 Å². The van der Waals surface area contributed by atoms with Crippen LogP contribution >= 0.6 is 0 Å². The van der Waals surface area contributed by atoms with Crippen molar-refractivity contribution in [2.75, 3.05) is 0 Å². The lowest BCUT2D eigenvalue weighted by Gasteiger charge is -2.16. The SMILES string of the molecule is CCCC(CC(=O)O)NC(=O)c1ccc(O)cc1F. The number of phenols is 1. The van der Waals surface area contributed by atoms with Crippen molar-refractivity contribution < 1.29 is 24.2 Å². The van der Waals surface area contributed by atoms with Crippen LogP contribution in [-0.4, -0.2) is 28.1 Å². The number of hydrogen-bond donors (Lipinski definition) is 3. The molecule has 0 bridgehead atoms.